The second-order valence-electron chi connectivity index (χ2n) is 4.62. The van der Waals surface area contributed by atoms with Gasteiger partial charge in [-0.05, 0) is 31.5 Å². The van der Waals surface area contributed by atoms with Crippen molar-refractivity contribution in [3.8, 4) is 0 Å². The summed E-state index contributed by atoms with van der Waals surface area (Å²) in [4.78, 5) is 13.6. The lowest BCUT2D eigenvalue weighted by atomic mass is 10.1. The first-order valence-electron chi connectivity index (χ1n) is 6.14. The number of ether oxygens (including phenoxy) is 1. The number of anilines is 2. The van der Waals surface area contributed by atoms with Gasteiger partial charge in [-0.15, -0.1) is 0 Å². The van der Waals surface area contributed by atoms with Crippen LogP contribution in [0.1, 0.15) is 23.7 Å². The highest BCUT2D eigenvalue weighted by Gasteiger charge is 2.19. The first-order valence-corrected chi connectivity index (χ1v) is 6.14. The fourth-order valence-electron chi connectivity index (χ4n) is 2.23. The van der Waals surface area contributed by atoms with E-state index in [-0.39, 0.29) is 6.10 Å². The molecule has 0 spiro atoms. The van der Waals surface area contributed by atoms with Crippen molar-refractivity contribution < 1.29 is 9.53 Å². The van der Waals surface area contributed by atoms with E-state index in [4.69, 9.17) is 16.2 Å². The van der Waals surface area contributed by atoms with Gasteiger partial charge in [-0.3, -0.25) is 4.79 Å². The van der Waals surface area contributed by atoms with Crippen molar-refractivity contribution in [2.75, 3.05) is 30.3 Å². The van der Waals surface area contributed by atoms with Crippen molar-refractivity contribution >= 4 is 17.3 Å². The molecule has 1 fully saturated rings. The Morgan fingerprint density at radius 3 is 3.00 bits per heavy atom. The van der Waals surface area contributed by atoms with E-state index in [1.54, 1.807) is 18.2 Å². The average Bonchev–Trinajstić information content (AvgIpc) is 2.53. The average molecular weight is 249 g/mol. The third kappa shape index (κ3) is 2.73. The lowest BCUT2D eigenvalue weighted by molar-refractivity contribution is 0.0820. The van der Waals surface area contributed by atoms with Crippen LogP contribution in [0.5, 0.6) is 0 Å². The molecule has 1 heterocycles. The monoisotopic (exact) mass is 249 g/mol. The van der Waals surface area contributed by atoms with Gasteiger partial charge in [0.25, 0.3) is 5.91 Å². The van der Waals surface area contributed by atoms with E-state index >= 15 is 0 Å². The van der Waals surface area contributed by atoms with Crippen molar-refractivity contribution in [1.29, 1.82) is 0 Å². The van der Waals surface area contributed by atoms with Crippen molar-refractivity contribution in [2.45, 2.75) is 19.4 Å². The predicted molar refractivity (Wildman–Crippen MR) is 71.6 cm³/mol. The molecule has 0 radical (unpaired) electrons. The van der Waals surface area contributed by atoms with Gasteiger partial charge in [-0.25, -0.2) is 0 Å². The molecule has 1 aliphatic rings. The first-order chi connectivity index (χ1) is 8.58. The second-order valence-corrected chi connectivity index (χ2v) is 4.62. The van der Waals surface area contributed by atoms with Crippen LogP contribution in [0.25, 0.3) is 0 Å². The molecule has 18 heavy (non-hydrogen) atoms. The van der Waals surface area contributed by atoms with E-state index in [2.05, 4.69) is 4.90 Å². The normalized spacial score (nSPS) is 20.5. The van der Waals surface area contributed by atoms with E-state index in [9.17, 15) is 4.79 Å². The van der Waals surface area contributed by atoms with Crippen molar-refractivity contribution in [2.24, 2.45) is 5.73 Å². The minimum Gasteiger partial charge on any atom is -0.399 e. The maximum absolute atomic E-state index is 11.5. The number of nitrogens with zero attached hydrogens (tertiary/aromatic N) is 1. The Morgan fingerprint density at radius 1 is 1.50 bits per heavy atom. The molecule has 5 heteroatoms. The van der Waals surface area contributed by atoms with Crippen LogP contribution in [0.15, 0.2) is 18.2 Å². The molecular weight excluding hydrogens is 230 g/mol. The van der Waals surface area contributed by atoms with Gasteiger partial charge in [0, 0.05) is 25.4 Å². The van der Waals surface area contributed by atoms with Crippen molar-refractivity contribution in [1.82, 2.24) is 0 Å². The molecule has 0 aliphatic carbocycles. The molecule has 1 unspecified atom stereocenters. The molecule has 0 bridgehead atoms. The highest BCUT2D eigenvalue weighted by atomic mass is 16.5. The summed E-state index contributed by atoms with van der Waals surface area (Å²) in [5.74, 6) is -0.428. The van der Waals surface area contributed by atoms with Crippen LogP contribution in [0.3, 0.4) is 0 Å². The number of nitrogens with two attached hydrogens (primary N) is 2. The lowest BCUT2D eigenvalue weighted by Gasteiger charge is -2.26. The minimum atomic E-state index is -0.428. The van der Waals surface area contributed by atoms with Gasteiger partial charge in [-0.1, -0.05) is 0 Å². The molecule has 1 aliphatic heterocycles. The number of amides is 1. The largest absolute Gasteiger partial charge is 0.399 e. The Bertz CT molecular complexity index is 448. The molecule has 98 valence electrons. The molecule has 1 amide bonds. The van der Waals surface area contributed by atoms with Crippen LogP contribution in [0.4, 0.5) is 11.4 Å². The van der Waals surface area contributed by atoms with Gasteiger partial charge >= 0.3 is 0 Å². The van der Waals surface area contributed by atoms with Gasteiger partial charge in [0.1, 0.15) is 0 Å². The SMILES string of the molecule is CC1CN(c2cc(N)ccc2C(N)=O)CCCO1. The number of primary amides is 1. The Morgan fingerprint density at radius 2 is 2.28 bits per heavy atom. The number of nitrogen functional groups attached to an aromatic ring is 1. The standard InChI is InChI=1S/C13H19N3O2/c1-9-8-16(5-2-6-18-9)12-7-10(14)3-4-11(12)13(15)17/h3-4,7,9H,2,5-6,8,14H2,1H3,(H2,15,17). The van der Waals surface area contributed by atoms with E-state index in [0.717, 1.165) is 31.8 Å². The quantitative estimate of drug-likeness (QED) is 0.766. The summed E-state index contributed by atoms with van der Waals surface area (Å²) in [6.07, 6.45) is 1.06. The molecule has 1 saturated heterocycles. The molecule has 2 rings (SSSR count). The van der Waals surface area contributed by atoms with E-state index < -0.39 is 5.91 Å². The van der Waals surface area contributed by atoms with Crippen LogP contribution in [-0.4, -0.2) is 31.7 Å². The van der Waals surface area contributed by atoms with Crippen molar-refractivity contribution in [3.63, 3.8) is 0 Å². The number of benzene rings is 1. The highest BCUT2D eigenvalue weighted by molar-refractivity contribution is 5.99. The Hall–Kier alpha value is -1.75. The number of carbonyl (C=O) groups is 1. The summed E-state index contributed by atoms with van der Waals surface area (Å²) in [7, 11) is 0. The molecule has 5 nitrogen and oxygen atoms in total. The lowest BCUT2D eigenvalue weighted by Crippen LogP contribution is -2.32. The van der Waals surface area contributed by atoms with Gasteiger partial charge in [0.05, 0.1) is 17.4 Å². The summed E-state index contributed by atoms with van der Waals surface area (Å²) < 4.78 is 5.60. The van der Waals surface area contributed by atoms with Gasteiger partial charge in [0.15, 0.2) is 0 Å². The van der Waals surface area contributed by atoms with Crippen LogP contribution in [-0.2, 0) is 4.74 Å². The number of carbonyl (C=O) groups excluding carboxylic acids is 1. The smallest absolute Gasteiger partial charge is 0.250 e. The summed E-state index contributed by atoms with van der Waals surface area (Å²) in [6.45, 7) is 4.35. The number of rotatable bonds is 2. The molecule has 1 atom stereocenters. The summed E-state index contributed by atoms with van der Waals surface area (Å²) >= 11 is 0. The topological polar surface area (TPSA) is 81.6 Å². The molecular formula is C13H19N3O2. The van der Waals surface area contributed by atoms with Gasteiger partial charge in [-0.2, -0.15) is 0 Å². The van der Waals surface area contributed by atoms with Crippen molar-refractivity contribution in [3.05, 3.63) is 23.8 Å². The third-order valence-corrected chi connectivity index (χ3v) is 3.08. The molecule has 0 aromatic heterocycles. The molecule has 1 aromatic rings. The van der Waals surface area contributed by atoms with Crippen LogP contribution in [0.2, 0.25) is 0 Å². The Balaban J connectivity index is 2.35. The summed E-state index contributed by atoms with van der Waals surface area (Å²) in [6, 6.07) is 5.18. The van der Waals surface area contributed by atoms with E-state index in [1.165, 1.54) is 0 Å². The van der Waals surface area contributed by atoms with E-state index in [0.29, 0.717) is 11.3 Å². The van der Waals surface area contributed by atoms with Gasteiger partial charge in [0.2, 0.25) is 0 Å². The maximum atomic E-state index is 11.5. The fraction of sp³-hybridized carbons (Fsp3) is 0.462. The summed E-state index contributed by atoms with van der Waals surface area (Å²) in [5.41, 5.74) is 13.2. The Labute approximate surface area is 107 Å². The minimum absolute atomic E-state index is 0.134. The third-order valence-electron chi connectivity index (χ3n) is 3.08. The van der Waals surface area contributed by atoms with Crippen LogP contribution >= 0.6 is 0 Å². The second kappa shape index (κ2) is 5.27. The van der Waals surface area contributed by atoms with Crippen LogP contribution < -0.4 is 16.4 Å². The highest BCUT2D eigenvalue weighted by Crippen LogP contribution is 2.25. The predicted octanol–water partition coefficient (Wildman–Crippen LogP) is 0.983. The van der Waals surface area contributed by atoms with Crippen LogP contribution in [0, 0.1) is 0 Å². The molecule has 4 N–H and O–H groups in total. The van der Waals surface area contributed by atoms with Gasteiger partial charge < -0.3 is 21.1 Å². The first kappa shape index (κ1) is 12.7. The Kier molecular flexibility index (Phi) is 3.72. The zero-order valence-electron chi connectivity index (χ0n) is 10.6. The number of hydrogen-bond donors (Lipinski definition) is 2. The zero-order chi connectivity index (χ0) is 13.1. The van der Waals surface area contributed by atoms with E-state index in [1.807, 2.05) is 6.92 Å². The maximum Gasteiger partial charge on any atom is 0.250 e. The molecule has 1 aromatic carbocycles. The summed E-state index contributed by atoms with van der Waals surface area (Å²) in [5, 5.41) is 0. The molecule has 0 saturated carbocycles. The zero-order valence-corrected chi connectivity index (χ0v) is 10.6. The number of hydrogen-bond acceptors (Lipinski definition) is 4. The fourth-order valence-corrected chi connectivity index (χ4v) is 2.23.